The molecule has 0 saturated carbocycles. The van der Waals surface area contributed by atoms with Crippen LogP contribution in [-0.2, 0) is 20.7 Å². The number of nitrogens with one attached hydrogen (secondary N) is 1. The number of amides is 1. The maximum absolute atomic E-state index is 12.4. The van der Waals surface area contributed by atoms with E-state index in [1.807, 2.05) is 30.3 Å². The molecule has 158 valence electrons. The molecule has 0 aromatic heterocycles. The third kappa shape index (κ3) is 6.13. The minimum absolute atomic E-state index is 0.0330. The molecule has 1 atom stereocenters. The van der Waals surface area contributed by atoms with Gasteiger partial charge < -0.3 is 15.0 Å². The minimum atomic E-state index is -0.875. The van der Waals surface area contributed by atoms with Crippen LogP contribution in [0.15, 0.2) is 48.5 Å². The highest BCUT2D eigenvalue weighted by atomic mass is 16.6. The number of ether oxygens (including phenoxy) is 1. The van der Waals surface area contributed by atoms with Gasteiger partial charge in [0.25, 0.3) is 11.6 Å². The highest BCUT2D eigenvalue weighted by molar-refractivity contribution is 5.98. The Morgan fingerprint density at radius 1 is 1.13 bits per heavy atom. The van der Waals surface area contributed by atoms with Gasteiger partial charge in [0.05, 0.1) is 22.2 Å². The molecule has 0 bridgehead atoms. The van der Waals surface area contributed by atoms with E-state index < -0.39 is 29.4 Å². The van der Waals surface area contributed by atoms with Crippen LogP contribution >= 0.6 is 0 Å². The largest absolute Gasteiger partial charge is 0.452 e. The Morgan fingerprint density at radius 2 is 1.80 bits per heavy atom. The van der Waals surface area contributed by atoms with Crippen LogP contribution in [0.3, 0.4) is 0 Å². The molecule has 2 rings (SSSR count). The molecular weight excluding hydrogens is 390 g/mol. The highest BCUT2D eigenvalue weighted by Crippen LogP contribution is 2.24. The van der Waals surface area contributed by atoms with Crippen LogP contribution in [0.25, 0.3) is 0 Å². The third-order valence-electron chi connectivity index (χ3n) is 4.34. The van der Waals surface area contributed by atoms with Crippen LogP contribution in [0, 0.1) is 10.1 Å². The first kappa shape index (κ1) is 22.5. The first-order valence-electron chi connectivity index (χ1n) is 9.15. The fraction of sp³-hybridized carbons (Fsp3) is 0.286. The van der Waals surface area contributed by atoms with Crippen molar-refractivity contribution in [3.63, 3.8) is 0 Å². The van der Waals surface area contributed by atoms with Crippen molar-refractivity contribution in [2.75, 3.05) is 25.6 Å². The summed E-state index contributed by atoms with van der Waals surface area (Å²) in [7, 11) is 3.34. The molecule has 0 aliphatic carbocycles. The molecule has 0 aliphatic heterocycles. The Kier molecular flexibility index (Phi) is 7.62. The predicted molar refractivity (Wildman–Crippen MR) is 110 cm³/mol. The molecule has 0 saturated heterocycles. The van der Waals surface area contributed by atoms with Crippen LogP contribution in [0.5, 0.6) is 0 Å². The number of carbonyl (C=O) groups excluding carboxylic acids is 3. The Balaban J connectivity index is 2.04. The molecule has 2 aromatic rings. The van der Waals surface area contributed by atoms with Crippen molar-refractivity contribution in [1.82, 2.24) is 5.32 Å². The van der Waals surface area contributed by atoms with E-state index in [9.17, 15) is 24.5 Å². The van der Waals surface area contributed by atoms with Gasteiger partial charge in [0, 0.05) is 26.2 Å². The fourth-order valence-corrected chi connectivity index (χ4v) is 2.78. The first-order valence-corrected chi connectivity index (χ1v) is 9.15. The van der Waals surface area contributed by atoms with Crippen molar-refractivity contribution in [2.24, 2.45) is 0 Å². The summed E-state index contributed by atoms with van der Waals surface area (Å²) < 4.78 is 5.03. The third-order valence-corrected chi connectivity index (χ3v) is 4.34. The number of nitrogens with zero attached hydrogens (tertiary/aromatic N) is 2. The smallest absolute Gasteiger partial charge is 0.341 e. The lowest BCUT2D eigenvalue weighted by atomic mass is 10.0. The number of benzene rings is 2. The second kappa shape index (κ2) is 10.1. The number of nitro benzene ring substituents is 1. The minimum Gasteiger partial charge on any atom is -0.452 e. The Bertz CT molecular complexity index is 943. The average Bonchev–Trinajstić information content (AvgIpc) is 2.71. The molecule has 0 radical (unpaired) electrons. The van der Waals surface area contributed by atoms with E-state index in [4.69, 9.17) is 4.74 Å². The number of non-ortho nitro benzene ring substituents is 1. The summed E-state index contributed by atoms with van der Waals surface area (Å²) in [4.78, 5) is 48.5. The highest BCUT2D eigenvalue weighted by Gasteiger charge is 2.22. The van der Waals surface area contributed by atoms with Gasteiger partial charge in [-0.1, -0.05) is 30.3 Å². The Morgan fingerprint density at radius 3 is 2.37 bits per heavy atom. The van der Waals surface area contributed by atoms with Crippen molar-refractivity contribution >= 4 is 29.0 Å². The molecule has 9 heteroatoms. The first-order chi connectivity index (χ1) is 14.2. The fourth-order valence-electron chi connectivity index (χ4n) is 2.78. The number of anilines is 1. The second-order valence-electron chi connectivity index (χ2n) is 6.85. The number of hydrogen-bond donors (Lipinski definition) is 1. The SMILES string of the molecule is CC(=O)[C@@H](Cc1ccccc1)NC(=O)COC(=O)c1cc([N+](=O)[O-])ccc1N(C)C. The summed E-state index contributed by atoms with van der Waals surface area (Å²) in [5.74, 6) is -1.75. The monoisotopic (exact) mass is 413 g/mol. The van der Waals surface area contributed by atoms with E-state index in [1.165, 1.54) is 19.1 Å². The lowest BCUT2D eigenvalue weighted by molar-refractivity contribution is -0.384. The van der Waals surface area contributed by atoms with Crippen LogP contribution in [0.2, 0.25) is 0 Å². The number of ketones is 1. The van der Waals surface area contributed by atoms with Gasteiger partial charge in [-0.05, 0) is 25.0 Å². The van der Waals surface area contributed by atoms with E-state index in [0.29, 0.717) is 12.1 Å². The maximum Gasteiger partial charge on any atom is 0.341 e. The van der Waals surface area contributed by atoms with Crippen LogP contribution in [0.4, 0.5) is 11.4 Å². The molecule has 0 heterocycles. The average molecular weight is 413 g/mol. The van der Waals surface area contributed by atoms with E-state index in [1.54, 1.807) is 19.0 Å². The molecule has 1 N–H and O–H groups in total. The van der Waals surface area contributed by atoms with Crippen LogP contribution in [-0.4, -0.2) is 49.3 Å². The molecule has 1 amide bonds. The van der Waals surface area contributed by atoms with Crippen molar-refractivity contribution in [1.29, 1.82) is 0 Å². The van der Waals surface area contributed by atoms with Gasteiger partial charge >= 0.3 is 5.97 Å². The summed E-state index contributed by atoms with van der Waals surface area (Å²) in [6.07, 6.45) is 0.311. The summed E-state index contributed by atoms with van der Waals surface area (Å²) in [6.45, 7) is 0.749. The summed E-state index contributed by atoms with van der Waals surface area (Å²) >= 11 is 0. The summed E-state index contributed by atoms with van der Waals surface area (Å²) in [6, 6.07) is 12.2. The molecule has 30 heavy (non-hydrogen) atoms. The molecule has 0 unspecified atom stereocenters. The number of rotatable bonds is 9. The van der Waals surface area contributed by atoms with Crippen molar-refractivity contribution < 1.29 is 24.0 Å². The van der Waals surface area contributed by atoms with Crippen LogP contribution in [0.1, 0.15) is 22.8 Å². The van der Waals surface area contributed by atoms with Crippen molar-refractivity contribution in [3.05, 3.63) is 69.8 Å². The van der Waals surface area contributed by atoms with Gasteiger partial charge in [0.1, 0.15) is 0 Å². The Hall–Kier alpha value is -3.75. The van der Waals surface area contributed by atoms with E-state index in [-0.39, 0.29) is 17.0 Å². The van der Waals surface area contributed by atoms with E-state index in [2.05, 4.69) is 5.32 Å². The molecule has 0 aliphatic rings. The normalized spacial score (nSPS) is 11.3. The number of Topliss-reactive ketones (excluding diaryl/α,β-unsaturated/α-hetero) is 1. The molecule has 0 fully saturated rings. The zero-order valence-corrected chi connectivity index (χ0v) is 17.0. The van der Waals surface area contributed by atoms with Gasteiger partial charge in [-0.15, -0.1) is 0 Å². The van der Waals surface area contributed by atoms with E-state index in [0.717, 1.165) is 11.6 Å². The second-order valence-corrected chi connectivity index (χ2v) is 6.85. The quantitative estimate of drug-likeness (QED) is 0.380. The van der Waals surface area contributed by atoms with Gasteiger partial charge in [-0.3, -0.25) is 19.7 Å². The molecule has 9 nitrogen and oxygen atoms in total. The number of esters is 1. The van der Waals surface area contributed by atoms with Crippen molar-refractivity contribution in [2.45, 2.75) is 19.4 Å². The zero-order valence-electron chi connectivity index (χ0n) is 17.0. The van der Waals surface area contributed by atoms with Gasteiger partial charge in [-0.2, -0.15) is 0 Å². The van der Waals surface area contributed by atoms with Gasteiger partial charge in [0.2, 0.25) is 0 Å². The lowest BCUT2D eigenvalue weighted by Crippen LogP contribution is -2.43. The topological polar surface area (TPSA) is 119 Å². The van der Waals surface area contributed by atoms with Crippen LogP contribution < -0.4 is 10.2 Å². The summed E-state index contributed by atoms with van der Waals surface area (Å²) in [5, 5.41) is 13.6. The molecule has 2 aromatic carbocycles. The maximum atomic E-state index is 12.4. The van der Waals surface area contributed by atoms with Crippen molar-refractivity contribution in [3.8, 4) is 0 Å². The standard InChI is InChI=1S/C21H23N3O6/c1-14(25)18(11-15-7-5-4-6-8-15)22-20(26)13-30-21(27)17-12-16(24(28)29)9-10-19(17)23(2)3/h4-10,12,18H,11,13H2,1-3H3,(H,22,26)/t18-/m1/s1. The molecular formula is C21H23N3O6. The molecule has 0 spiro atoms. The van der Waals surface area contributed by atoms with E-state index >= 15 is 0 Å². The van der Waals surface area contributed by atoms with Gasteiger partial charge in [0.15, 0.2) is 12.4 Å². The predicted octanol–water partition coefficient (Wildman–Crippen LogP) is 2.13. The van der Waals surface area contributed by atoms with Gasteiger partial charge in [-0.25, -0.2) is 4.79 Å². The number of carbonyl (C=O) groups is 3. The lowest BCUT2D eigenvalue weighted by Gasteiger charge is -2.18. The summed E-state index contributed by atoms with van der Waals surface area (Å²) in [5.41, 5.74) is 0.991. The Labute approximate surface area is 173 Å². The number of nitro groups is 1. The zero-order chi connectivity index (χ0) is 22.3. The number of hydrogen-bond acceptors (Lipinski definition) is 7.